The molecule has 3 heteroatoms. The number of hydrogen-bond acceptors (Lipinski definition) is 1. The van der Waals surface area contributed by atoms with Crippen molar-refractivity contribution in [1.29, 1.82) is 0 Å². The van der Waals surface area contributed by atoms with Crippen LogP contribution in [0.5, 0.6) is 0 Å². The van der Waals surface area contributed by atoms with Gasteiger partial charge < -0.3 is 4.90 Å². The van der Waals surface area contributed by atoms with Gasteiger partial charge in [-0.3, -0.25) is 4.79 Å². The summed E-state index contributed by atoms with van der Waals surface area (Å²) in [6.07, 6.45) is 0. The van der Waals surface area contributed by atoms with E-state index in [1.807, 2.05) is 61.5 Å². The summed E-state index contributed by atoms with van der Waals surface area (Å²) >= 11 is 5.99. The molecule has 0 saturated heterocycles. The minimum Gasteiger partial charge on any atom is -0.335 e. The standard InChI is InChI=1S/C16H16ClNO/c1-12(14-9-6-10-15(17)11-14)18(2)16(19)13-7-4-3-5-8-13/h3-12H,1-2H3. The largest absolute Gasteiger partial charge is 0.335 e. The van der Waals surface area contributed by atoms with Crippen LogP contribution in [0.4, 0.5) is 0 Å². The molecule has 19 heavy (non-hydrogen) atoms. The predicted molar refractivity (Wildman–Crippen MR) is 78.4 cm³/mol. The van der Waals surface area contributed by atoms with Crippen molar-refractivity contribution in [2.75, 3.05) is 7.05 Å². The lowest BCUT2D eigenvalue weighted by Gasteiger charge is -2.25. The molecule has 0 bridgehead atoms. The molecular weight excluding hydrogens is 258 g/mol. The predicted octanol–water partition coefficient (Wildman–Crippen LogP) is 4.17. The van der Waals surface area contributed by atoms with Gasteiger partial charge in [0.05, 0.1) is 6.04 Å². The third-order valence-corrected chi connectivity index (χ3v) is 3.49. The Balaban J connectivity index is 2.20. The van der Waals surface area contributed by atoms with Crippen LogP contribution in [-0.4, -0.2) is 17.9 Å². The van der Waals surface area contributed by atoms with E-state index in [2.05, 4.69) is 0 Å². The van der Waals surface area contributed by atoms with Crippen LogP contribution in [0, 0.1) is 0 Å². The summed E-state index contributed by atoms with van der Waals surface area (Å²) in [6.45, 7) is 1.99. The molecule has 0 saturated carbocycles. The van der Waals surface area contributed by atoms with Crippen molar-refractivity contribution in [3.8, 4) is 0 Å². The van der Waals surface area contributed by atoms with Gasteiger partial charge in [-0.2, -0.15) is 0 Å². The van der Waals surface area contributed by atoms with E-state index >= 15 is 0 Å². The van der Waals surface area contributed by atoms with Crippen LogP contribution in [-0.2, 0) is 0 Å². The van der Waals surface area contributed by atoms with Crippen LogP contribution in [0.3, 0.4) is 0 Å². The fraction of sp³-hybridized carbons (Fsp3) is 0.188. The molecule has 0 aliphatic heterocycles. The Hall–Kier alpha value is -1.80. The molecule has 2 rings (SSSR count). The molecule has 0 aliphatic rings. The maximum Gasteiger partial charge on any atom is 0.254 e. The summed E-state index contributed by atoms with van der Waals surface area (Å²) in [4.78, 5) is 14.1. The minimum atomic E-state index is -0.0218. The van der Waals surface area contributed by atoms with Gasteiger partial charge in [0, 0.05) is 17.6 Å². The van der Waals surface area contributed by atoms with Gasteiger partial charge in [0.15, 0.2) is 0 Å². The first kappa shape index (κ1) is 13.6. The topological polar surface area (TPSA) is 20.3 Å². The smallest absolute Gasteiger partial charge is 0.254 e. The first-order chi connectivity index (χ1) is 9.09. The summed E-state index contributed by atoms with van der Waals surface area (Å²) < 4.78 is 0. The van der Waals surface area contributed by atoms with E-state index in [-0.39, 0.29) is 11.9 Å². The highest BCUT2D eigenvalue weighted by atomic mass is 35.5. The SMILES string of the molecule is CC(c1cccc(Cl)c1)N(C)C(=O)c1ccccc1. The number of benzene rings is 2. The van der Waals surface area contributed by atoms with E-state index in [1.165, 1.54) is 0 Å². The van der Waals surface area contributed by atoms with Gasteiger partial charge in [0.25, 0.3) is 5.91 Å². The fourth-order valence-corrected chi connectivity index (χ4v) is 2.15. The van der Waals surface area contributed by atoms with Gasteiger partial charge in [-0.05, 0) is 36.8 Å². The van der Waals surface area contributed by atoms with Gasteiger partial charge >= 0.3 is 0 Å². The zero-order chi connectivity index (χ0) is 13.8. The van der Waals surface area contributed by atoms with Crippen LogP contribution >= 0.6 is 11.6 Å². The molecule has 0 spiro atoms. The van der Waals surface area contributed by atoms with Crippen molar-refractivity contribution >= 4 is 17.5 Å². The molecule has 0 fully saturated rings. The minimum absolute atomic E-state index is 0.00748. The summed E-state index contributed by atoms with van der Waals surface area (Å²) in [5, 5.41) is 0.685. The number of nitrogens with zero attached hydrogens (tertiary/aromatic N) is 1. The molecule has 2 nitrogen and oxygen atoms in total. The molecule has 0 aliphatic carbocycles. The Bertz CT molecular complexity index is 568. The lowest BCUT2D eigenvalue weighted by Crippen LogP contribution is -2.29. The average molecular weight is 274 g/mol. The van der Waals surface area contributed by atoms with Crippen molar-refractivity contribution in [3.63, 3.8) is 0 Å². The quantitative estimate of drug-likeness (QED) is 0.822. The normalized spacial score (nSPS) is 11.9. The van der Waals surface area contributed by atoms with Crippen molar-refractivity contribution in [2.24, 2.45) is 0 Å². The fourth-order valence-electron chi connectivity index (χ4n) is 1.95. The second-order valence-corrected chi connectivity index (χ2v) is 4.95. The monoisotopic (exact) mass is 273 g/mol. The Morgan fingerprint density at radius 1 is 1.11 bits per heavy atom. The van der Waals surface area contributed by atoms with Crippen molar-refractivity contribution in [3.05, 3.63) is 70.7 Å². The highest BCUT2D eigenvalue weighted by molar-refractivity contribution is 6.30. The van der Waals surface area contributed by atoms with E-state index in [1.54, 1.807) is 11.9 Å². The highest BCUT2D eigenvalue weighted by Gasteiger charge is 2.18. The number of hydrogen-bond donors (Lipinski definition) is 0. The molecule has 1 atom stereocenters. The van der Waals surface area contributed by atoms with Crippen LogP contribution < -0.4 is 0 Å². The molecule has 0 heterocycles. The first-order valence-electron chi connectivity index (χ1n) is 6.17. The number of halogens is 1. The van der Waals surface area contributed by atoms with E-state index in [0.717, 1.165) is 5.56 Å². The van der Waals surface area contributed by atoms with Crippen molar-refractivity contribution in [1.82, 2.24) is 4.90 Å². The zero-order valence-electron chi connectivity index (χ0n) is 11.0. The third kappa shape index (κ3) is 3.15. The van der Waals surface area contributed by atoms with Crippen LogP contribution in [0.1, 0.15) is 28.9 Å². The Labute approximate surface area is 118 Å². The number of amides is 1. The van der Waals surface area contributed by atoms with E-state index in [4.69, 9.17) is 11.6 Å². The summed E-state index contributed by atoms with van der Waals surface area (Å²) in [6, 6.07) is 16.9. The maximum atomic E-state index is 12.3. The Kier molecular flexibility index (Phi) is 4.23. The molecule has 1 unspecified atom stereocenters. The van der Waals surface area contributed by atoms with Crippen LogP contribution in [0.25, 0.3) is 0 Å². The molecule has 2 aromatic carbocycles. The summed E-state index contributed by atoms with van der Waals surface area (Å²) in [7, 11) is 1.81. The molecular formula is C16H16ClNO. The Morgan fingerprint density at radius 2 is 1.79 bits per heavy atom. The average Bonchev–Trinajstić information content (AvgIpc) is 2.46. The summed E-state index contributed by atoms with van der Waals surface area (Å²) in [5.41, 5.74) is 1.72. The molecule has 98 valence electrons. The van der Waals surface area contributed by atoms with Crippen LogP contribution in [0.15, 0.2) is 54.6 Å². The lowest BCUT2D eigenvalue weighted by molar-refractivity contribution is 0.0742. The second kappa shape index (κ2) is 5.89. The first-order valence-corrected chi connectivity index (χ1v) is 6.55. The van der Waals surface area contributed by atoms with Crippen molar-refractivity contribution < 1.29 is 4.79 Å². The van der Waals surface area contributed by atoms with Gasteiger partial charge in [-0.15, -0.1) is 0 Å². The number of rotatable bonds is 3. The lowest BCUT2D eigenvalue weighted by atomic mass is 10.1. The van der Waals surface area contributed by atoms with E-state index in [9.17, 15) is 4.79 Å². The van der Waals surface area contributed by atoms with Crippen molar-refractivity contribution in [2.45, 2.75) is 13.0 Å². The molecule has 0 aromatic heterocycles. The van der Waals surface area contributed by atoms with Gasteiger partial charge in [-0.1, -0.05) is 41.9 Å². The molecule has 2 aromatic rings. The van der Waals surface area contributed by atoms with Gasteiger partial charge in [0.1, 0.15) is 0 Å². The Morgan fingerprint density at radius 3 is 2.42 bits per heavy atom. The van der Waals surface area contributed by atoms with E-state index < -0.39 is 0 Å². The summed E-state index contributed by atoms with van der Waals surface area (Å²) in [5.74, 6) is 0.00748. The number of carbonyl (C=O) groups is 1. The second-order valence-electron chi connectivity index (χ2n) is 4.51. The van der Waals surface area contributed by atoms with E-state index in [0.29, 0.717) is 10.6 Å². The molecule has 0 N–H and O–H groups in total. The van der Waals surface area contributed by atoms with Gasteiger partial charge in [-0.25, -0.2) is 0 Å². The maximum absolute atomic E-state index is 12.3. The highest BCUT2D eigenvalue weighted by Crippen LogP contribution is 2.23. The zero-order valence-corrected chi connectivity index (χ0v) is 11.8. The van der Waals surface area contributed by atoms with Gasteiger partial charge in [0.2, 0.25) is 0 Å². The third-order valence-electron chi connectivity index (χ3n) is 3.25. The van der Waals surface area contributed by atoms with Crippen LogP contribution in [0.2, 0.25) is 5.02 Å². The number of carbonyl (C=O) groups excluding carboxylic acids is 1. The molecule has 0 radical (unpaired) electrons. The molecule has 1 amide bonds.